The van der Waals surface area contributed by atoms with Gasteiger partial charge in [-0.25, -0.2) is 4.79 Å². The molecule has 9 nitrogen and oxygen atoms in total. The van der Waals surface area contributed by atoms with Gasteiger partial charge in [0.1, 0.15) is 0 Å². The number of hydrogen-bond donors (Lipinski definition) is 2. The smallest absolute Gasteiger partial charge is 0.318 e. The molecule has 1 unspecified atom stereocenters. The molecule has 0 aliphatic rings. The maximum absolute atomic E-state index is 11.6. The lowest BCUT2D eigenvalue weighted by Crippen LogP contribution is -2.42. The number of imide groups is 1. The molecule has 0 radical (unpaired) electrons. The Hall–Kier alpha value is -2.97. The van der Waals surface area contributed by atoms with Crippen LogP contribution in [0.25, 0.3) is 0 Å². The number of hydrogen-bond acceptors (Lipinski definition) is 6. The number of nitro benzene ring substituents is 1. The molecule has 0 saturated heterocycles. The first kappa shape index (κ1) is 16.1. The minimum atomic E-state index is -1.24. The lowest BCUT2D eigenvalue weighted by atomic mass is 10.1. The number of carbonyl (C=O) groups excluding carboxylic acids is 3. The Balaban J connectivity index is 2.68. The Bertz CT molecular complexity index is 586. The van der Waals surface area contributed by atoms with Crippen molar-refractivity contribution in [2.45, 2.75) is 19.4 Å². The van der Waals surface area contributed by atoms with Crippen LogP contribution in [0.3, 0.4) is 0 Å². The van der Waals surface area contributed by atoms with Crippen LogP contribution >= 0.6 is 0 Å². The van der Waals surface area contributed by atoms with Crippen molar-refractivity contribution in [3.05, 3.63) is 39.9 Å². The van der Waals surface area contributed by atoms with Gasteiger partial charge in [0, 0.05) is 11.6 Å². The molecule has 3 amide bonds. The third-order valence-corrected chi connectivity index (χ3v) is 2.45. The van der Waals surface area contributed by atoms with E-state index in [0.717, 1.165) is 0 Å². The lowest BCUT2D eigenvalue weighted by Gasteiger charge is -2.11. The number of amides is 3. The van der Waals surface area contributed by atoms with Crippen molar-refractivity contribution in [1.29, 1.82) is 0 Å². The summed E-state index contributed by atoms with van der Waals surface area (Å²) in [6.07, 6.45) is -1.61. The highest BCUT2D eigenvalue weighted by atomic mass is 16.6. The van der Waals surface area contributed by atoms with E-state index in [9.17, 15) is 24.5 Å². The van der Waals surface area contributed by atoms with Crippen LogP contribution in [0.15, 0.2) is 24.3 Å². The van der Waals surface area contributed by atoms with E-state index in [-0.39, 0.29) is 17.7 Å². The molecule has 9 heteroatoms. The van der Waals surface area contributed by atoms with Gasteiger partial charge < -0.3 is 10.5 Å². The normalized spacial score (nSPS) is 11.3. The average molecular weight is 295 g/mol. The van der Waals surface area contributed by atoms with Crippen LogP contribution in [0, 0.1) is 10.1 Å². The van der Waals surface area contributed by atoms with Gasteiger partial charge in [-0.15, -0.1) is 0 Å². The summed E-state index contributed by atoms with van der Waals surface area (Å²) in [6.45, 7) is 1.25. The predicted octanol–water partition coefficient (Wildman–Crippen LogP) is 0.264. The van der Waals surface area contributed by atoms with E-state index < -0.39 is 28.9 Å². The number of ether oxygens (including phenoxy) is 1. The molecule has 0 heterocycles. The van der Waals surface area contributed by atoms with E-state index >= 15 is 0 Å². The quantitative estimate of drug-likeness (QED) is 0.453. The number of nitrogens with two attached hydrogens (primary N) is 1. The monoisotopic (exact) mass is 295 g/mol. The highest BCUT2D eigenvalue weighted by molar-refractivity contribution is 5.96. The minimum absolute atomic E-state index is 0.162. The molecular formula is C12H13N3O6. The number of rotatable bonds is 5. The predicted molar refractivity (Wildman–Crippen MR) is 70.1 cm³/mol. The van der Waals surface area contributed by atoms with Gasteiger partial charge in [0.25, 0.3) is 11.6 Å². The Labute approximate surface area is 119 Å². The molecule has 0 fully saturated rings. The number of urea groups is 1. The highest BCUT2D eigenvalue weighted by Crippen LogP contribution is 2.18. The van der Waals surface area contributed by atoms with E-state index in [1.165, 1.54) is 25.1 Å². The molecule has 0 saturated carbocycles. The third kappa shape index (κ3) is 4.90. The van der Waals surface area contributed by atoms with Crippen molar-refractivity contribution < 1.29 is 24.0 Å². The highest BCUT2D eigenvalue weighted by Gasteiger charge is 2.21. The molecule has 1 atom stereocenters. The van der Waals surface area contributed by atoms with Crippen LogP contribution < -0.4 is 11.1 Å². The van der Waals surface area contributed by atoms with Crippen LogP contribution in [0.5, 0.6) is 0 Å². The number of primary amides is 1. The summed E-state index contributed by atoms with van der Waals surface area (Å²) in [5.41, 5.74) is 4.70. The minimum Gasteiger partial charge on any atom is -0.452 e. The molecule has 1 rings (SSSR count). The van der Waals surface area contributed by atoms with Crippen molar-refractivity contribution in [2.24, 2.45) is 5.73 Å². The zero-order valence-electron chi connectivity index (χ0n) is 11.1. The standard InChI is InChI=1S/C12H13N3O6/c1-7(11(17)14-12(13)18)21-10(16)6-8-4-2-3-5-9(8)15(19)20/h2-5,7H,6H2,1H3,(H3,13,14,17,18). The average Bonchev–Trinajstić information content (AvgIpc) is 2.37. The zero-order valence-corrected chi connectivity index (χ0v) is 11.1. The van der Waals surface area contributed by atoms with Gasteiger partial charge in [0.2, 0.25) is 0 Å². The van der Waals surface area contributed by atoms with Crippen molar-refractivity contribution >= 4 is 23.6 Å². The van der Waals surface area contributed by atoms with E-state index in [0.29, 0.717) is 0 Å². The molecule has 112 valence electrons. The van der Waals surface area contributed by atoms with Gasteiger partial charge in [-0.05, 0) is 6.92 Å². The fraction of sp³-hybridized carbons (Fsp3) is 0.250. The van der Waals surface area contributed by atoms with Gasteiger partial charge in [0.15, 0.2) is 6.10 Å². The molecule has 0 spiro atoms. The second kappa shape index (κ2) is 6.98. The maximum atomic E-state index is 11.6. The molecule has 0 aromatic heterocycles. The summed E-state index contributed by atoms with van der Waals surface area (Å²) >= 11 is 0. The molecule has 3 N–H and O–H groups in total. The Morgan fingerprint density at radius 1 is 1.38 bits per heavy atom. The number of nitro groups is 1. The first-order valence-corrected chi connectivity index (χ1v) is 5.83. The topological polar surface area (TPSA) is 142 Å². The van der Waals surface area contributed by atoms with E-state index in [1.54, 1.807) is 11.4 Å². The summed E-state index contributed by atoms with van der Waals surface area (Å²) in [5.74, 6) is -1.71. The first-order chi connectivity index (χ1) is 9.81. The van der Waals surface area contributed by atoms with E-state index in [4.69, 9.17) is 10.5 Å². The molecule has 0 aliphatic heterocycles. The van der Waals surface area contributed by atoms with E-state index in [1.807, 2.05) is 0 Å². The Morgan fingerprint density at radius 2 is 2.00 bits per heavy atom. The van der Waals surface area contributed by atoms with Gasteiger partial charge in [-0.1, -0.05) is 18.2 Å². The fourth-order valence-corrected chi connectivity index (χ4v) is 1.51. The summed E-state index contributed by atoms with van der Waals surface area (Å²) in [5, 5.41) is 12.5. The first-order valence-electron chi connectivity index (χ1n) is 5.83. The zero-order chi connectivity index (χ0) is 16.0. The summed E-state index contributed by atoms with van der Waals surface area (Å²) < 4.78 is 4.77. The van der Waals surface area contributed by atoms with Crippen LogP contribution in [0.4, 0.5) is 10.5 Å². The van der Waals surface area contributed by atoms with Crippen molar-refractivity contribution in [1.82, 2.24) is 5.32 Å². The number of carbonyl (C=O) groups is 3. The third-order valence-electron chi connectivity index (χ3n) is 2.45. The van der Waals surface area contributed by atoms with Crippen molar-refractivity contribution in [3.8, 4) is 0 Å². The number of nitrogens with one attached hydrogen (secondary N) is 1. The number of benzene rings is 1. The summed E-state index contributed by atoms with van der Waals surface area (Å²) in [4.78, 5) is 43.6. The number of nitrogens with zero attached hydrogens (tertiary/aromatic N) is 1. The molecule has 0 aliphatic carbocycles. The van der Waals surface area contributed by atoms with Gasteiger partial charge in [-0.3, -0.25) is 25.0 Å². The summed E-state index contributed by atoms with van der Waals surface area (Å²) in [6, 6.07) is 4.61. The fourth-order valence-electron chi connectivity index (χ4n) is 1.51. The number of esters is 1. The Morgan fingerprint density at radius 3 is 2.57 bits per heavy atom. The van der Waals surface area contributed by atoms with Crippen LogP contribution in [-0.2, 0) is 20.7 Å². The lowest BCUT2D eigenvalue weighted by molar-refractivity contribution is -0.385. The summed E-state index contributed by atoms with van der Waals surface area (Å²) in [7, 11) is 0. The Kier molecular flexibility index (Phi) is 5.35. The second-order valence-electron chi connectivity index (χ2n) is 4.05. The van der Waals surface area contributed by atoms with Gasteiger partial charge in [-0.2, -0.15) is 0 Å². The maximum Gasteiger partial charge on any atom is 0.318 e. The molecular weight excluding hydrogens is 282 g/mol. The molecule has 1 aromatic rings. The van der Waals surface area contributed by atoms with Crippen molar-refractivity contribution in [3.63, 3.8) is 0 Å². The SMILES string of the molecule is CC(OC(=O)Cc1ccccc1[N+](=O)[O-])C(=O)NC(N)=O. The van der Waals surface area contributed by atoms with E-state index in [2.05, 4.69) is 0 Å². The van der Waals surface area contributed by atoms with Crippen molar-refractivity contribution in [2.75, 3.05) is 0 Å². The second-order valence-corrected chi connectivity index (χ2v) is 4.05. The largest absolute Gasteiger partial charge is 0.452 e. The van der Waals surface area contributed by atoms with Gasteiger partial charge >= 0.3 is 12.0 Å². The van der Waals surface area contributed by atoms with Crippen LogP contribution in [0.1, 0.15) is 12.5 Å². The van der Waals surface area contributed by atoms with Crippen LogP contribution in [-0.4, -0.2) is 28.9 Å². The number of para-hydroxylation sites is 1. The van der Waals surface area contributed by atoms with Crippen LogP contribution in [0.2, 0.25) is 0 Å². The molecule has 0 bridgehead atoms. The van der Waals surface area contributed by atoms with Gasteiger partial charge in [0.05, 0.1) is 11.3 Å². The molecule has 1 aromatic carbocycles. The molecule has 21 heavy (non-hydrogen) atoms.